The molecule has 4 rings (SSSR count). The van der Waals surface area contributed by atoms with Crippen LogP contribution in [-0.4, -0.2) is 16.8 Å². The first kappa shape index (κ1) is 16.4. The monoisotopic (exact) mass is 367 g/mol. The number of aromatic nitrogens is 1. The summed E-state index contributed by atoms with van der Waals surface area (Å²) >= 11 is 1.26. The molecule has 0 saturated carbocycles. The number of hydrogen-bond acceptors (Lipinski definition) is 4. The van der Waals surface area contributed by atoms with E-state index in [4.69, 9.17) is 0 Å². The number of carbonyl (C=O) groups excluding carboxylic acids is 2. The SMILES string of the molecule is O=C1CC(C(=O)Nc2nc(-c3cccc(F)c3)cs2)c2ccccc2N1. The molecule has 0 fully saturated rings. The summed E-state index contributed by atoms with van der Waals surface area (Å²) in [5.41, 5.74) is 2.67. The van der Waals surface area contributed by atoms with Crippen molar-refractivity contribution in [1.29, 1.82) is 0 Å². The number of thiazole rings is 1. The van der Waals surface area contributed by atoms with Gasteiger partial charge in [-0.1, -0.05) is 30.3 Å². The van der Waals surface area contributed by atoms with Gasteiger partial charge < -0.3 is 10.6 Å². The molecule has 0 saturated heterocycles. The molecule has 0 bridgehead atoms. The van der Waals surface area contributed by atoms with Crippen LogP contribution in [0, 0.1) is 5.82 Å². The Kier molecular flexibility index (Phi) is 4.22. The molecule has 5 nitrogen and oxygen atoms in total. The fraction of sp³-hybridized carbons (Fsp3) is 0.105. The summed E-state index contributed by atoms with van der Waals surface area (Å²) in [4.78, 5) is 28.9. The lowest BCUT2D eigenvalue weighted by atomic mass is 9.90. The van der Waals surface area contributed by atoms with Gasteiger partial charge in [0.2, 0.25) is 11.8 Å². The summed E-state index contributed by atoms with van der Waals surface area (Å²) in [5, 5.41) is 7.72. The maximum absolute atomic E-state index is 13.4. The van der Waals surface area contributed by atoms with E-state index in [2.05, 4.69) is 15.6 Å². The topological polar surface area (TPSA) is 71.1 Å². The second kappa shape index (κ2) is 6.68. The third kappa shape index (κ3) is 3.21. The Morgan fingerprint density at radius 2 is 2.08 bits per heavy atom. The molecule has 7 heteroatoms. The Labute approximate surface area is 152 Å². The van der Waals surface area contributed by atoms with E-state index in [9.17, 15) is 14.0 Å². The van der Waals surface area contributed by atoms with Gasteiger partial charge in [-0.15, -0.1) is 11.3 Å². The molecule has 130 valence electrons. The number of nitrogens with zero attached hydrogens (tertiary/aromatic N) is 1. The molecule has 1 unspecified atom stereocenters. The molecule has 3 aromatic rings. The Balaban J connectivity index is 1.55. The molecule has 2 heterocycles. The summed E-state index contributed by atoms with van der Waals surface area (Å²) in [6.45, 7) is 0. The number of anilines is 2. The van der Waals surface area contributed by atoms with Gasteiger partial charge in [-0.05, 0) is 23.8 Å². The second-order valence-corrected chi connectivity index (χ2v) is 6.79. The highest BCUT2D eigenvalue weighted by atomic mass is 32.1. The minimum Gasteiger partial charge on any atom is -0.326 e. The van der Waals surface area contributed by atoms with Crippen molar-refractivity contribution in [3.63, 3.8) is 0 Å². The van der Waals surface area contributed by atoms with Gasteiger partial charge in [0.1, 0.15) is 5.82 Å². The molecule has 2 aromatic carbocycles. The number of halogens is 1. The number of nitrogens with one attached hydrogen (secondary N) is 2. The Hall–Kier alpha value is -3.06. The van der Waals surface area contributed by atoms with Crippen LogP contribution in [0.25, 0.3) is 11.3 Å². The van der Waals surface area contributed by atoms with Crippen LogP contribution in [0.3, 0.4) is 0 Å². The minimum absolute atomic E-state index is 0.0883. The first-order valence-electron chi connectivity index (χ1n) is 8.01. The standard InChI is InChI=1S/C19H14FN3O2S/c20-12-5-3-4-11(8-12)16-10-26-19(22-16)23-18(25)14-9-17(24)21-15-7-2-1-6-13(14)15/h1-8,10,14H,9H2,(H,21,24)(H,22,23,25). The van der Waals surface area contributed by atoms with Crippen molar-refractivity contribution >= 4 is 34.0 Å². The molecule has 1 aromatic heterocycles. The lowest BCUT2D eigenvalue weighted by Crippen LogP contribution is -2.30. The van der Waals surface area contributed by atoms with Crippen LogP contribution in [0.4, 0.5) is 15.2 Å². The number of rotatable bonds is 3. The van der Waals surface area contributed by atoms with Gasteiger partial charge in [0.15, 0.2) is 5.13 Å². The van der Waals surface area contributed by atoms with Crippen LogP contribution in [0.5, 0.6) is 0 Å². The van der Waals surface area contributed by atoms with Crippen LogP contribution in [-0.2, 0) is 9.59 Å². The fourth-order valence-electron chi connectivity index (χ4n) is 2.95. The van der Waals surface area contributed by atoms with E-state index in [1.54, 1.807) is 23.6 Å². The fourth-order valence-corrected chi connectivity index (χ4v) is 3.67. The van der Waals surface area contributed by atoms with E-state index < -0.39 is 5.92 Å². The molecule has 0 spiro atoms. The van der Waals surface area contributed by atoms with Gasteiger partial charge in [0, 0.05) is 23.1 Å². The predicted octanol–water partition coefficient (Wildman–Crippen LogP) is 4.01. The zero-order valence-corrected chi connectivity index (χ0v) is 14.3. The first-order valence-corrected chi connectivity index (χ1v) is 8.89. The Morgan fingerprint density at radius 1 is 1.23 bits per heavy atom. The van der Waals surface area contributed by atoms with Gasteiger partial charge in [-0.2, -0.15) is 0 Å². The molecule has 26 heavy (non-hydrogen) atoms. The van der Waals surface area contributed by atoms with Crippen molar-refractivity contribution in [3.8, 4) is 11.3 Å². The molecule has 1 aliphatic heterocycles. The molecule has 2 amide bonds. The summed E-state index contributed by atoms with van der Waals surface area (Å²) in [6.07, 6.45) is 0.0883. The second-order valence-electron chi connectivity index (χ2n) is 5.93. The average molecular weight is 367 g/mol. The highest BCUT2D eigenvalue weighted by Gasteiger charge is 2.30. The summed E-state index contributed by atoms with van der Waals surface area (Å²) < 4.78 is 13.4. The van der Waals surface area contributed by atoms with Crippen molar-refractivity contribution in [1.82, 2.24) is 4.98 Å². The van der Waals surface area contributed by atoms with E-state index >= 15 is 0 Å². The van der Waals surface area contributed by atoms with E-state index in [0.717, 1.165) is 5.56 Å². The third-order valence-corrected chi connectivity index (χ3v) is 4.93. The molecule has 0 aliphatic carbocycles. The van der Waals surface area contributed by atoms with E-state index in [-0.39, 0.29) is 24.1 Å². The van der Waals surface area contributed by atoms with E-state index in [0.29, 0.717) is 22.1 Å². The summed E-state index contributed by atoms with van der Waals surface area (Å²) in [7, 11) is 0. The maximum Gasteiger partial charge on any atom is 0.234 e. The molecule has 1 atom stereocenters. The van der Waals surface area contributed by atoms with E-state index in [1.807, 2.05) is 18.2 Å². The molecular weight excluding hydrogens is 353 g/mol. The maximum atomic E-state index is 13.4. The first-order chi connectivity index (χ1) is 12.6. The number of fused-ring (bicyclic) bond motifs is 1. The lowest BCUT2D eigenvalue weighted by Gasteiger charge is -2.24. The smallest absolute Gasteiger partial charge is 0.234 e. The number of amides is 2. The molecule has 0 radical (unpaired) electrons. The molecule has 1 aliphatic rings. The number of hydrogen-bond donors (Lipinski definition) is 2. The number of para-hydroxylation sites is 1. The lowest BCUT2D eigenvalue weighted by molar-refractivity contribution is -0.123. The van der Waals surface area contributed by atoms with Gasteiger partial charge in [0.05, 0.1) is 11.6 Å². The Morgan fingerprint density at radius 3 is 2.92 bits per heavy atom. The summed E-state index contributed by atoms with van der Waals surface area (Å²) in [6, 6.07) is 13.4. The van der Waals surface area contributed by atoms with Crippen LogP contribution in [0.15, 0.2) is 53.9 Å². The van der Waals surface area contributed by atoms with Crippen molar-refractivity contribution in [2.24, 2.45) is 0 Å². The largest absolute Gasteiger partial charge is 0.326 e. The van der Waals surface area contributed by atoms with E-state index in [1.165, 1.54) is 23.5 Å². The van der Waals surface area contributed by atoms with Crippen molar-refractivity contribution in [2.75, 3.05) is 10.6 Å². The highest BCUT2D eigenvalue weighted by Crippen LogP contribution is 2.33. The quantitative estimate of drug-likeness (QED) is 0.735. The van der Waals surface area contributed by atoms with Crippen LogP contribution in [0.2, 0.25) is 0 Å². The van der Waals surface area contributed by atoms with Crippen molar-refractivity contribution in [2.45, 2.75) is 12.3 Å². The van der Waals surface area contributed by atoms with Crippen LogP contribution >= 0.6 is 11.3 Å². The summed E-state index contributed by atoms with van der Waals surface area (Å²) in [5.74, 6) is -1.39. The number of benzene rings is 2. The van der Waals surface area contributed by atoms with Gasteiger partial charge in [-0.3, -0.25) is 9.59 Å². The van der Waals surface area contributed by atoms with Crippen molar-refractivity contribution < 1.29 is 14.0 Å². The molecular formula is C19H14FN3O2S. The molecule has 2 N–H and O–H groups in total. The van der Waals surface area contributed by atoms with Crippen LogP contribution < -0.4 is 10.6 Å². The number of carbonyl (C=O) groups is 2. The van der Waals surface area contributed by atoms with Gasteiger partial charge >= 0.3 is 0 Å². The van der Waals surface area contributed by atoms with Crippen molar-refractivity contribution in [3.05, 3.63) is 65.3 Å². The van der Waals surface area contributed by atoms with Gasteiger partial charge in [0.25, 0.3) is 0 Å². The third-order valence-electron chi connectivity index (χ3n) is 4.17. The predicted molar refractivity (Wildman–Crippen MR) is 98.6 cm³/mol. The zero-order chi connectivity index (χ0) is 18.1. The normalized spacial score (nSPS) is 15.9. The van der Waals surface area contributed by atoms with Gasteiger partial charge in [-0.25, -0.2) is 9.37 Å². The highest BCUT2D eigenvalue weighted by molar-refractivity contribution is 7.14. The van der Waals surface area contributed by atoms with Crippen LogP contribution in [0.1, 0.15) is 17.9 Å². The minimum atomic E-state index is -0.568. The average Bonchev–Trinajstić information content (AvgIpc) is 3.09. The zero-order valence-electron chi connectivity index (χ0n) is 13.5. The Bertz CT molecular complexity index is 1000.